The second-order valence-electron chi connectivity index (χ2n) is 11.2. The zero-order chi connectivity index (χ0) is 33.8. The van der Waals surface area contributed by atoms with E-state index in [1.807, 2.05) is 0 Å². The fraction of sp³-hybridized carbons (Fsp3) is 0.188. The predicted molar refractivity (Wildman–Crippen MR) is 151 cm³/mol. The van der Waals surface area contributed by atoms with Crippen LogP contribution < -0.4 is 19.3 Å². The number of nitrogens with zero attached hydrogens (tertiary/aromatic N) is 2. The third-order valence-corrected chi connectivity index (χ3v) is 6.87. The van der Waals surface area contributed by atoms with Crippen molar-refractivity contribution >= 4 is 35.0 Å². The lowest BCUT2D eigenvalue weighted by atomic mass is 9.86. The van der Waals surface area contributed by atoms with Crippen LogP contribution in [0.1, 0.15) is 37.5 Å². The van der Waals surface area contributed by atoms with Crippen molar-refractivity contribution in [1.82, 2.24) is 0 Å². The molecule has 238 valence electrons. The molecule has 0 N–H and O–H groups in total. The number of alkyl halides is 6. The third-order valence-electron chi connectivity index (χ3n) is 6.87. The van der Waals surface area contributed by atoms with E-state index in [0.29, 0.717) is 27.5 Å². The Kier molecular flexibility index (Phi) is 7.79. The maximum Gasteiger partial charge on any atom is 0.418 e. The molecule has 0 fully saturated rings. The van der Waals surface area contributed by atoms with Gasteiger partial charge in [0.05, 0.1) is 22.5 Å². The molecule has 8 nitrogen and oxygen atoms in total. The normalized spacial score (nSPS) is 15.4. The minimum absolute atomic E-state index is 0.0537. The highest BCUT2D eigenvalue weighted by molar-refractivity contribution is 6.29. The number of anilines is 2. The van der Waals surface area contributed by atoms with Crippen molar-refractivity contribution in [3.8, 4) is 23.0 Å². The summed E-state index contributed by atoms with van der Waals surface area (Å²) in [5.74, 6) is -4.11. The molecule has 0 aromatic heterocycles. The fourth-order valence-corrected chi connectivity index (χ4v) is 4.79. The van der Waals surface area contributed by atoms with Crippen molar-refractivity contribution in [3.05, 3.63) is 95.6 Å². The predicted octanol–water partition coefficient (Wildman–Crippen LogP) is 7.47. The Bertz CT molecular complexity index is 1820. The van der Waals surface area contributed by atoms with E-state index in [4.69, 9.17) is 9.47 Å². The summed E-state index contributed by atoms with van der Waals surface area (Å²) in [5.41, 5.74) is -4.22. The summed E-state index contributed by atoms with van der Waals surface area (Å²) in [6, 6.07) is 9.61. The van der Waals surface area contributed by atoms with E-state index in [2.05, 4.69) is 0 Å². The van der Waals surface area contributed by atoms with E-state index in [1.54, 1.807) is 20.8 Å². The number of hydrogen-bond donors (Lipinski definition) is 0. The van der Waals surface area contributed by atoms with Crippen LogP contribution in [0.2, 0.25) is 0 Å². The van der Waals surface area contributed by atoms with Crippen molar-refractivity contribution in [2.75, 3.05) is 9.80 Å². The number of benzene rings is 3. The molecular weight excluding hydrogens is 622 g/mol. The summed E-state index contributed by atoms with van der Waals surface area (Å²) in [5, 5.41) is 0. The SMILES string of the molecule is CC(C)(C)c1cc(Oc2ccc(N3C(=O)C=CC3=O)c(C(F)(F)F)c2)ccc1Oc1ccc(N2C(=O)C=CC2=O)c(C(F)(F)F)c1. The van der Waals surface area contributed by atoms with Gasteiger partial charge in [-0.1, -0.05) is 20.8 Å². The van der Waals surface area contributed by atoms with Crippen LogP contribution >= 0.6 is 0 Å². The van der Waals surface area contributed by atoms with Gasteiger partial charge in [-0.3, -0.25) is 19.2 Å². The highest BCUT2D eigenvalue weighted by Gasteiger charge is 2.40. The van der Waals surface area contributed by atoms with E-state index >= 15 is 0 Å². The Hall–Kier alpha value is -5.40. The molecule has 0 atom stereocenters. The first kappa shape index (κ1) is 32.0. The van der Waals surface area contributed by atoms with Crippen molar-refractivity contribution in [3.63, 3.8) is 0 Å². The molecule has 3 aromatic rings. The van der Waals surface area contributed by atoms with Crippen LogP contribution in [-0.2, 0) is 36.9 Å². The Labute approximate surface area is 257 Å². The maximum atomic E-state index is 14.0. The first-order valence-corrected chi connectivity index (χ1v) is 13.4. The molecule has 2 aliphatic rings. The zero-order valence-corrected chi connectivity index (χ0v) is 24.1. The minimum atomic E-state index is -4.96. The molecule has 0 unspecified atom stereocenters. The van der Waals surface area contributed by atoms with Gasteiger partial charge in [-0.15, -0.1) is 0 Å². The summed E-state index contributed by atoms with van der Waals surface area (Å²) in [6.45, 7) is 5.28. The van der Waals surface area contributed by atoms with E-state index < -0.39 is 63.9 Å². The Morgan fingerprint density at radius 1 is 0.500 bits per heavy atom. The Morgan fingerprint density at radius 3 is 1.22 bits per heavy atom. The largest absolute Gasteiger partial charge is 0.457 e. The van der Waals surface area contributed by atoms with Crippen LogP contribution in [0.3, 0.4) is 0 Å². The average molecular weight is 645 g/mol. The number of rotatable bonds is 6. The summed E-state index contributed by atoms with van der Waals surface area (Å²) in [4.78, 5) is 48.9. The highest BCUT2D eigenvalue weighted by atomic mass is 19.4. The van der Waals surface area contributed by atoms with Crippen molar-refractivity contribution < 1.29 is 55.0 Å². The lowest BCUT2D eigenvalue weighted by Gasteiger charge is -2.25. The number of amides is 4. The molecule has 0 saturated carbocycles. The molecule has 0 saturated heterocycles. The van der Waals surface area contributed by atoms with Crippen LogP contribution in [0, 0.1) is 0 Å². The molecule has 14 heteroatoms. The lowest BCUT2D eigenvalue weighted by Crippen LogP contribution is -2.31. The Balaban J connectivity index is 1.47. The quantitative estimate of drug-likeness (QED) is 0.204. The minimum Gasteiger partial charge on any atom is -0.457 e. The number of carbonyl (C=O) groups excluding carboxylic acids is 4. The van der Waals surface area contributed by atoms with Gasteiger partial charge in [-0.05, 0) is 60.0 Å². The van der Waals surface area contributed by atoms with Crippen LogP contribution in [0.4, 0.5) is 37.7 Å². The first-order valence-electron chi connectivity index (χ1n) is 13.4. The lowest BCUT2D eigenvalue weighted by molar-refractivity contribution is -0.138. The maximum absolute atomic E-state index is 14.0. The van der Waals surface area contributed by atoms with E-state index in [0.717, 1.165) is 48.6 Å². The van der Waals surface area contributed by atoms with Gasteiger partial charge in [0, 0.05) is 29.9 Å². The Morgan fingerprint density at radius 2 is 0.848 bits per heavy atom. The number of carbonyl (C=O) groups is 4. The molecule has 0 aliphatic carbocycles. The van der Waals surface area contributed by atoms with Gasteiger partial charge in [-0.2, -0.15) is 26.3 Å². The first-order chi connectivity index (χ1) is 21.3. The average Bonchev–Trinajstić information content (AvgIpc) is 3.47. The standard InChI is InChI=1S/C32H22F6N2O6/c1-30(2,3)22-16-18(45-17-4-7-23(20(14-17)31(33,34)35)39-26(41)10-11-27(39)42)6-9-25(22)46-19-5-8-24(21(15-19)32(36,37)38)40-28(43)12-13-29(40)44/h4-16H,1-3H3. The monoisotopic (exact) mass is 644 g/mol. The van der Waals surface area contributed by atoms with Crippen LogP contribution in [0.5, 0.6) is 23.0 Å². The number of hydrogen-bond acceptors (Lipinski definition) is 6. The molecule has 5 rings (SSSR count). The third kappa shape index (κ3) is 6.23. The number of ether oxygens (including phenoxy) is 2. The van der Waals surface area contributed by atoms with Gasteiger partial charge in [0.1, 0.15) is 23.0 Å². The molecule has 46 heavy (non-hydrogen) atoms. The van der Waals surface area contributed by atoms with Gasteiger partial charge in [-0.25, -0.2) is 9.80 Å². The van der Waals surface area contributed by atoms with Crippen LogP contribution in [-0.4, -0.2) is 23.6 Å². The van der Waals surface area contributed by atoms with Crippen molar-refractivity contribution in [1.29, 1.82) is 0 Å². The molecule has 0 radical (unpaired) electrons. The summed E-state index contributed by atoms with van der Waals surface area (Å²) in [6.07, 6.45) is -6.48. The van der Waals surface area contributed by atoms with Gasteiger partial charge in [0.25, 0.3) is 23.6 Å². The fourth-order valence-electron chi connectivity index (χ4n) is 4.79. The van der Waals surface area contributed by atoms with E-state index in [1.165, 1.54) is 18.2 Å². The molecule has 3 aromatic carbocycles. The topological polar surface area (TPSA) is 93.2 Å². The summed E-state index contributed by atoms with van der Waals surface area (Å²) < 4.78 is 95.4. The van der Waals surface area contributed by atoms with Gasteiger partial charge in [0.15, 0.2) is 0 Å². The molecule has 0 bridgehead atoms. The number of halogens is 6. The molecule has 2 heterocycles. The van der Waals surface area contributed by atoms with Gasteiger partial charge >= 0.3 is 12.4 Å². The van der Waals surface area contributed by atoms with Gasteiger partial charge < -0.3 is 9.47 Å². The van der Waals surface area contributed by atoms with E-state index in [9.17, 15) is 45.5 Å². The second kappa shape index (κ2) is 11.2. The number of imide groups is 2. The smallest absolute Gasteiger partial charge is 0.418 e. The molecular formula is C32H22F6N2O6. The van der Waals surface area contributed by atoms with E-state index in [-0.39, 0.29) is 23.0 Å². The summed E-state index contributed by atoms with van der Waals surface area (Å²) >= 11 is 0. The summed E-state index contributed by atoms with van der Waals surface area (Å²) in [7, 11) is 0. The highest BCUT2D eigenvalue weighted by Crippen LogP contribution is 2.44. The zero-order valence-electron chi connectivity index (χ0n) is 24.1. The van der Waals surface area contributed by atoms with Crippen LogP contribution in [0.15, 0.2) is 78.9 Å². The molecule has 4 amide bonds. The molecule has 0 spiro atoms. The van der Waals surface area contributed by atoms with Crippen LogP contribution in [0.25, 0.3) is 0 Å². The van der Waals surface area contributed by atoms with Gasteiger partial charge in [0.2, 0.25) is 0 Å². The second-order valence-corrected chi connectivity index (χ2v) is 11.2. The van der Waals surface area contributed by atoms with Crippen molar-refractivity contribution in [2.24, 2.45) is 0 Å². The van der Waals surface area contributed by atoms with Crippen molar-refractivity contribution in [2.45, 2.75) is 38.5 Å². The molecule has 2 aliphatic heterocycles.